The van der Waals surface area contributed by atoms with E-state index in [1.54, 1.807) is 0 Å². The first-order valence-electron chi connectivity index (χ1n) is 7.54. The highest BCUT2D eigenvalue weighted by Gasteiger charge is 2.46. The highest BCUT2D eigenvalue weighted by Crippen LogP contribution is 2.43. The lowest BCUT2D eigenvalue weighted by Gasteiger charge is -2.43. The summed E-state index contributed by atoms with van der Waals surface area (Å²) in [4.78, 5) is 12.2. The van der Waals surface area contributed by atoms with Crippen LogP contribution in [-0.4, -0.2) is 21.7 Å². The normalized spacial score (nSPS) is 22.7. The Labute approximate surface area is 137 Å². The average Bonchev–Trinajstić information content (AvgIpc) is 2.93. The third-order valence-corrected chi connectivity index (χ3v) is 4.37. The van der Waals surface area contributed by atoms with Crippen molar-refractivity contribution in [3.63, 3.8) is 0 Å². The number of rotatable bonds is 4. The van der Waals surface area contributed by atoms with Gasteiger partial charge in [-0.2, -0.15) is 10.4 Å². The second kappa shape index (κ2) is 6.04. The third-order valence-electron chi connectivity index (χ3n) is 4.37. The van der Waals surface area contributed by atoms with Gasteiger partial charge in [0.15, 0.2) is 0 Å². The van der Waals surface area contributed by atoms with Crippen LogP contribution in [0.3, 0.4) is 0 Å². The number of nitriles is 1. The average molecular weight is 330 g/mol. The fraction of sp³-hybridized carbons (Fsp3) is 0.353. The lowest BCUT2D eigenvalue weighted by atomic mass is 9.62. The topological polar surface area (TPSA) is 70.7 Å². The third kappa shape index (κ3) is 2.75. The number of aryl methyl sites for hydroxylation is 1. The van der Waals surface area contributed by atoms with Gasteiger partial charge >= 0.3 is 0 Å². The van der Waals surface area contributed by atoms with Crippen LogP contribution in [0.4, 0.5) is 8.78 Å². The standard InChI is InChI=1S/C17H16F2N4O/c1-23-9-13(14(22-23)15(18)19)16(24)21-12-7-17(8-12,10-20)11-5-3-2-4-6-11/h2-6,9,12,15H,7-8H2,1H3,(H,21,24). The van der Waals surface area contributed by atoms with Gasteiger partial charge in [-0.25, -0.2) is 8.78 Å². The molecule has 1 fully saturated rings. The lowest BCUT2D eigenvalue weighted by molar-refractivity contribution is 0.0877. The number of nitrogens with one attached hydrogen (secondary N) is 1. The number of aromatic nitrogens is 2. The number of hydrogen-bond donors (Lipinski definition) is 1. The molecule has 0 atom stereocenters. The molecule has 0 radical (unpaired) electrons. The van der Waals surface area contributed by atoms with Gasteiger partial charge in [0.25, 0.3) is 12.3 Å². The number of amides is 1. The number of halogens is 2. The number of nitrogens with zero attached hydrogens (tertiary/aromatic N) is 3. The summed E-state index contributed by atoms with van der Waals surface area (Å²) in [6, 6.07) is 11.5. The van der Waals surface area contributed by atoms with Crippen LogP contribution >= 0.6 is 0 Å². The van der Waals surface area contributed by atoms with E-state index in [-0.39, 0.29) is 11.6 Å². The van der Waals surface area contributed by atoms with E-state index in [1.807, 2.05) is 30.3 Å². The summed E-state index contributed by atoms with van der Waals surface area (Å²) in [5, 5.41) is 15.9. The summed E-state index contributed by atoms with van der Waals surface area (Å²) in [6.07, 6.45) is -0.604. The Morgan fingerprint density at radius 3 is 2.67 bits per heavy atom. The van der Waals surface area contributed by atoms with E-state index in [4.69, 9.17) is 0 Å². The molecule has 7 heteroatoms. The molecule has 1 heterocycles. The summed E-state index contributed by atoms with van der Waals surface area (Å²) in [5.41, 5.74) is -0.363. The van der Waals surface area contributed by atoms with Crippen molar-refractivity contribution >= 4 is 5.91 Å². The molecule has 124 valence electrons. The predicted octanol–water partition coefficient (Wildman–Crippen LogP) is 2.71. The molecule has 0 saturated heterocycles. The van der Waals surface area contributed by atoms with Crippen LogP contribution in [0.1, 0.15) is 40.9 Å². The Hall–Kier alpha value is -2.75. The highest BCUT2D eigenvalue weighted by molar-refractivity contribution is 5.95. The summed E-state index contributed by atoms with van der Waals surface area (Å²) >= 11 is 0. The largest absolute Gasteiger partial charge is 0.349 e. The molecule has 1 aromatic heterocycles. The SMILES string of the molecule is Cn1cc(C(=O)NC2CC(C#N)(c3ccccc3)C2)c(C(F)F)n1. The molecule has 24 heavy (non-hydrogen) atoms. The molecule has 2 aromatic rings. The van der Waals surface area contributed by atoms with Gasteiger partial charge in [-0.15, -0.1) is 0 Å². The van der Waals surface area contributed by atoms with Crippen LogP contribution < -0.4 is 5.32 Å². The molecule has 5 nitrogen and oxygen atoms in total. The van der Waals surface area contributed by atoms with Crippen molar-refractivity contribution < 1.29 is 13.6 Å². The van der Waals surface area contributed by atoms with Gasteiger partial charge in [-0.1, -0.05) is 30.3 Å². The minimum atomic E-state index is -2.81. The summed E-state index contributed by atoms with van der Waals surface area (Å²) in [6.45, 7) is 0. The van der Waals surface area contributed by atoms with E-state index in [2.05, 4.69) is 16.5 Å². The predicted molar refractivity (Wildman–Crippen MR) is 82.4 cm³/mol. The molecule has 1 amide bonds. The molecule has 0 aliphatic heterocycles. The van der Waals surface area contributed by atoms with Gasteiger partial charge in [0.1, 0.15) is 5.69 Å². The Balaban J connectivity index is 1.69. The minimum absolute atomic E-state index is 0.123. The molecule has 0 spiro atoms. The van der Waals surface area contributed by atoms with Crippen molar-refractivity contribution in [2.45, 2.75) is 30.7 Å². The zero-order valence-electron chi connectivity index (χ0n) is 13.0. The second-order valence-electron chi connectivity index (χ2n) is 6.04. The maximum absolute atomic E-state index is 12.9. The van der Waals surface area contributed by atoms with Gasteiger partial charge in [0.05, 0.1) is 17.0 Å². The van der Waals surface area contributed by atoms with Crippen molar-refractivity contribution in [3.05, 3.63) is 53.3 Å². The van der Waals surface area contributed by atoms with E-state index < -0.39 is 23.4 Å². The number of carbonyl (C=O) groups is 1. The summed E-state index contributed by atoms with van der Waals surface area (Å²) in [7, 11) is 1.49. The monoisotopic (exact) mass is 330 g/mol. The molecule has 1 aliphatic rings. The van der Waals surface area contributed by atoms with Gasteiger partial charge in [-0.3, -0.25) is 9.48 Å². The first-order valence-corrected chi connectivity index (χ1v) is 7.54. The Morgan fingerprint density at radius 1 is 1.42 bits per heavy atom. The first kappa shape index (κ1) is 16.1. The molecular formula is C17H16F2N4O. The summed E-state index contributed by atoms with van der Waals surface area (Å²) < 4.78 is 27.1. The van der Waals surface area contributed by atoms with Gasteiger partial charge in [0.2, 0.25) is 0 Å². The minimum Gasteiger partial charge on any atom is -0.349 e. The molecule has 1 aliphatic carbocycles. The van der Waals surface area contributed by atoms with Gasteiger partial charge < -0.3 is 5.32 Å². The zero-order valence-corrected chi connectivity index (χ0v) is 13.0. The van der Waals surface area contributed by atoms with Crippen LogP contribution in [0.5, 0.6) is 0 Å². The van der Waals surface area contributed by atoms with Gasteiger partial charge in [0, 0.05) is 19.3 Å². The van der Waals surface area contributed by atoms with E-state index >= 15 is 0 Å². The van der Waals surface area contributed by atoms with Crippen LogP contribution in [0, 0.1) is 11.3 Å². The number of benzene rings is 1. The van der Waals surface area contributed by atoms with E-state index in [0.29, 0.717) is 12.8 Å². The fourth-order valence-corrected chi connectivity index (χ4v) is 3.14. The first-order chi connectivity index (χ1) is 11.4. The van der Waals surface area contributed by atoms with Crippen LogP contribution in [0.15, 0.2) is 36.5 Å². The molecule has 1 saturated carbocycles. The lowest BCUT2D eigenvalue weighted by Crippen LogP contribution is -2.52. The highest BCUT2D eigenvalue weighted by atomic mass is 19.3. The van der Waals surface area contributed by atoms with E-state index in [1.165, 1.54) is 17.9 Å². The van der Waals surface area contributed by atoms with Crippen LogP contribution in [0.25, 0.3) is 0 Å². The molecule has 3 rings (SSSR count). The fourth-order valence-electron chi connectivity index (χ4n) is 3.14. The number of hydrogen-bond acceptors (Lipinski definition) is 3. The van der Waals surface area contributed by atoms with Crippen molar-refractivity contribution in [2.24, 2.45) is 7.05 Å². The van der Waals surface area contributed by atoms with Crippen LogP contribution in [0.2, 0.25) is 0 Å². The van der Waals surface area contributed by atoms with E-state index in [0.717, 1.165) is 5.56 Å². The maximum Gasteiger partial charge on any atom is 0.282 e. The second-order valence-corrected chi connectivity index (χ2v) is 6.04. The number of carbonyl (C=O) groups excluding carboxylic acids is 1. The van der Waals surface area contributed by atoms with Crippen molar-refractivity contribution in [2.75, 3.05) is 0 Å². The van der Waals surface area contributed by atoms with Crippen molar-refractivity contribution in [3.8, 4) is 6.07 Å². The summed E-state index contributed by atoms with van der Waals surface area (Å²) in [5.74, 6) is -0.581. The maximum atomic E-state index is 12.9. The Bertz CT molecular complexity index is 789. The van der Waals surface area contributed by atoms with Crippen molar-refractivity contribution in [1.82, 2.24) is 15.1 Å². The quantitative estimate of drug-likeness (QED) is 0.937. The Morgan fingerprint density at radius 2 is 2.08 bits per heavy atom. The van der Waals surface area contributed by atoms with Crippen LogP contribution in [-0.2, 0) is 12.5 Å². The smallest absolute Gasteiger partial charge is 0.282 e. The number of alkyl halides is 2. The molecule has 1 N–H and O–H groups in total. The molecule has 0 unspecified atom stereocenters. The van der Waals surface area contributed by atoms with Crippen molar-refractivity contribution in [1.29, 1.82) is 5.26 Å². The molecule has 0 bridgehead atoms. The molecular weight excluding hydrogens is 314 g/mol. The molecule has 1 aromatic carbocycles. The zero-order chi connectivity index (χ0) is 17.3. The van der Waals surface area contributed by atoms with Gasteiger partial charge in [-0.05, 0) is 18.4 Å². The Kier molecular flexibility index (Phi) is 4.06. The van der Waals surface area contributed by atoms with E-state index in [9.17, 15) is 18.8 Å².